The fourth-order valence-corrected chi connectivity index (χ4v) is 2.81. The highest BCUT2D eigenvalue weighted by Crippen LogP contribution is 2.17. The summed E-state index contributed by atoms with van der Waals surface area (Å²) in [4.78, 5) is 0. The standard InChI is InChI=1S/C11H18Si/c1-11(2,3)9-12-10-7-5-4-6-8-10/h4-8H,9,12H2,1-3H3. The fraction of sp³-hybridized carbons (Fsp3) is 0.455. The molecule has 1 aromatic carbocycles. The fourth-order valence-electron chi connectivity index (χ4n) is 1.16. The summed E-state index contributed by atoms with van der Waals surface area (Å²) in [6, 6.07) is 12.3. The van der Waals surface area contributed by atoms with Crippen LogP contribution in [0.1, 0.15) is 20.8 Å². The quantitative estimate of drug-likeness (QED) is 0.607. The highest BCUT2D eigenvalue weighted by atomic mass is 28.2. The molecule has 0 aromatic heterocycles. The SMILES string of the molecule is CC(C)(C)C[SiH2]c1ccccc1. The van der Waals surface area contributed by atoms with Gasteiger partial charge in [0, 0.05) is 0 Å². The van der Waals surface area contributed by atoms with Gasteiger partial charge in [0.25, 0.3) is 0 Å². The van der Waals surface area contributed by atoms with Crippen molar-refractivity contribution in [3.63, 3.8) is 0 Å². The van der Waals surface area contributed by atoms with Gasteiger partial charge in [-0.2, -0.15) is 0 Å². The second-order valence-corrected chi connectivity index (χ2v) is 6.36. The molecule has 0 aliphatic carbocycles. The molecule has 0 atom stereocenters. The van der Waals surface area contributed by atoms with Crippen LogP contribution < -0.4 is 5.19 Å². The summed E-state index contributed by atoms with van der Waals surface area (Å²) in [5, 5.41) is 1.59. The van der Waals surface area contributed by atoms with Crippen molar-refractivity contribution in [2.24, 2.45) is 5.41 Å². The van der Waals surface area contributed by atoms with Crippen molar-refractivity contribution in [2.45, 2.75) is 26.8 Å². The Labute approximate surface area is 77.8 Å². The lowest BCUT2D eigenvalue weighted by Crippen LogP contribution is -2.19. The van der Waals surface area contributed by atoms with E-state index in [1.807, 2.05) is 0 Å². The Morgan fingerprint density at radius 3 is 2.17 bits per heavy atom. The topological polar surface area (TPSA) is 0 Å². The molecule has 1 rings (SSSR count). The molecule has 0 spiro atoms. The van der Waals surface area contributed by atoms with Crippen molar-refractivity contribution in [3.05, 3.63) is 30.3 Å². The van der Waals surface area contributed by atoms with E-state index in [0.717, 1.165) is 0 Å². The van der Waals surface area contributed by atoms with Crippen molar-refractivity contribution < 1.29 is 0 Å². The maximum Gasteiger partial charge on any atom is 0.0552 e. The molecule has 1 heteroatoms. The molecule has 0 aliphatic rings. The first-order chi connectivity index (χ1) is 5.58. The lowest BCUT2D eigenvalue weighted by molar-refractivity contribution is 0.468. The maximum absolute atomic E-state index is 2.32. The maximum atomic E-state index is 2.32. The zero-order chi connectivity index (χ0) is 9.03. The predicted molar refractivity (Wildman–Crippen MR) is 58.9 cm³/mol. The van der Waals surface area contributed by atoms with Gasteiger partial charge in [0.1, 0.15) is 0 Å². The third-order valence-electron chi connectivity index (χ3n) is 2.01. The molecule has 0 radical (unpaired) electrons. The number of hydrogen-bond donors (Lipinski definition) is 0. The molecule has 0 amide bonds. The minimum Gasteiger partial charge on any atom is -0.0669 e. The molecule has 66 valence electrons. The Morgan fingerprint density at radius 1 is 1.08 bits per heavy atom. The van der Waals surface area contributed by atoms with Crippen molar-refractivity contribution in [1.82, 2.24) is 0 Å². The number of benzene rings is 1. The van der Waals surface area contributed by atoms with E-state index in [1.54, 1.807) is 5.19 Å². The molecular weight excluding hydrogens is 160 g/mol. The number of hydrogen-bond acceptors (Lipinski definition) is 0. The van der Waals surface area contributed by atoms with Crippen LogP contribution in [0.3, 0.4) is 0 Å². The van der Waals surface area contributed by atoms with E-state index >= 15 is 0 Å². The van der Waals surface area contributed by atoms with Gasteiger partial charge >= 0.3 is 0 Å². The minimum atomic E-state index is -0.0156. The van der Waals surface area contributed by atoms with Crippen molar-refractivity contribution in [2.75, 3.05) is 0 Å². The van der Waals surface area contributed by atoms with Crippen LogP contribution in [-0.2, 0) is 0 Å². The molecule has 12 heavy (non-hydrogen) atoms. The molecule has 0 fully saturated rings. The third-order valence-corrected chi connectivity index (χ3v) is 4.81. The van der Waals surface area contributed by atoms with Crippen LogP contribution in [0.25, 0.3) is 0 Å². The van der Waals surface area contributed by atoms with Gasteiger partial charge in [-0.1, -0.05) is 62.3 Å². The van der Waals surface area contributed by atoms with Gasteiger partial charge in [-0.15, -0.1) is 0 Å². The lowest BCUT2D eigenvalue weighted by atomic mass is 10.0. The Kier molecular flexibility index (Phi) is 3.10. The molecule has 0 aliphatic heterocycles. The second-order valence-electron chi connectivity index (χ2n) is 4.55. The average molecular weight is 178 g/mol. The summed E-state index contributed by atoms with van der Waals surface area (Å²) >= 11 is 0. The van der Waals surface area contributed by atoms with E-state index < -0.39 is 0 Å². The van der Waals surface area contributed by atoms with E-state index in [1.165, 1.54) is 6.04 Å². The average Bonchev–Trinajstić information content (AvgIpc) is 2.02. The van der Waals surface area contributed by atoms with E-state index in [9.17, 15) is 0 Å². The third kappa shape index (κ3) is 3.72. The van der Waals surface area contributed by atoms with Crippen LogP contribution in [-0.4, -0.2) is 9.52 Å². The second kappa shape index (κ2) is 3.90. The summed E-state index contributed by atoms with van der Waals surface area (Å²) in [6.45, 7) is 6.97. The van der Waals surface area contributed by atoms with E-state index in [0.29, 0.717) is 5.41 Å². The highest BCUT2D eigenvalue weighted by molar-refractivity contribution is 6.53. The molecular formula is C11H18Si. The van der Waals surface area contributed by atoms with Crippen LogP contribution in [0.2, 0.25) is 6.04 Å². The summed E-state index contributed by atoms with van der Waals surface area (Å²) in [5.74, 6) is 0. The molecule has 0 heterocycles. The first kappa shape index (κ1) is 9.52. The summed E-state index contributed by atoms with van der Waals surface area (Å²) in [7, 11) is -0.0156. The van der Waals surface area contributed by atoms with Gasteiger partial charge in [-0.25, -0.2) is 0 Å². The Morgan fingerprint density at radius 2 is 1.67 bits per heavy atom. The van der Waals surface area contributed by atoms with E-state index in [4.69, 9.17) is 0 Å². The zero-order valence-corrected chi connectivity index (χ0v) is 9.72. The largest absolute Gasteiger partial charge is 0.0669 e. The monoisotopic (exact) mass is 178 g/mol. The zero-order valence-electron chi connectivity index (χ0n) is 8.30. The molecule has 0 nitrogen and oxygen atoms in total. The lowest BCUT2D eigenvalue weighted by Gasteiger charge is -2.17. The van der Waals surface area contributed by atoms with E-state index in [-0.39, 0.29) is 9.52 Å². The smallest absolute Gasteiger partial charge is 0.0552 e. The normalized spacial score (nSPS) is 12.6. The minimum absolute atomic E-state index is 0.0156. The van der Waals surface area contributed by atoms with Crippen LogP contribution >= 0.6 is 0 Å². The van der Waals surface area contributed by atoms with Crippen molar-refractivity contribution in [1.29, 1.82) is 0 Å². The van der Waals surface area contributed by atoms with Gasteiger partial charge in [-0.05, 0) is 5.41 Å². The first-order valence-electron chi connectivity index (χ1n) is 4.62. The van der Waals surface area contributed by atoms with Crippen LogP contribution in [0.4, 0.5) is 0 Å². The Bertz CT molecular complexity index is 221. The predicted octanol–water partition coefficient (Wildman–Crippen LogP) is 1.95. The Balaban J connectivity index is 2.44. The van der Waals surface area contributed by atoms with Gasteiger partial charge in [0.05, 0.1) is 9.52 Å². The highest BCUT2D eigenvalue weighted by Gasteiger charge is 2.09. The van der Waals surface area contributed by atoms with Crippen molar-refractivity contribution >= 4 is 14.7 Å². The van der Waals surface area contributed by atoms with Gasteiger partial charge in [0.15, 0.2) is 0 Å². The van der Waals surface area contributed by atoms with Crippen LogP contribution in [0.5, 0.6) is 0 Å². The summed E-state index contributed by atoms with van der Waals surface area (Å²) < 4.78 is 0. The molecule has 0 saturated heterocycles. The van der Waals surface area contributed by atoms with Gasteiger partial charge in [-0.3, -0.25) is 0 Å². The summed E-state index contributed by atoms with van der Waals surface area (Å²) in [5.41, 5.74) is 0.516. The Hall–Kier alpha value is -0.563. The molecule has 1 aromatic rings. The first-order valence-corrected chi connectivity index (χ1v) is 6.32. The summed E-state index contributed by atoms with van der Waals surface area (Å²) in [6.07, 6.45) is 0. The number of rotatable bonds is 2. The molecule has 0 unspecified atom stereocenters. The van der Waals surface area contributed by atoms with Gasteiger partial charge < -0.3 is 0 Å². The van der Waals surface area contributed by atoms with E-state index in [2.05, 4.69) is 51.1 Å². The molecule has 0 bridgehead atoms. The van der Waals surface area contributed by atoms with Crippen LogP contribution in [0, 0.1) is 5.41 Å². The molecule has 0 N–H and O–H groups in total. The van der Waals surface area contributed by atoms with Gasteiger partial charge in [0.2, 0.25) is 0 Å². The van der Waals surface area contributed by atoms with Crippen molar-refractivity contribution in [3.8, 4) is 0 Å². The van der Waals surface area contributed by atoms with Crippen LogP contribution in [0.15, 0.2) is 30.3 Å². The molecule has 0 saturated carbocycles.